The molecule has 0 bridgehead atoms. The molecule has 5 rings (SSSR count). The largest absolute Gasteiger partial charge is 0.363 e. The van der Waals surface area contributed by atoms with Gasteiger partial charge in [0.1, 0.15) is 12.0 Å². The van der Waals surface area contributed by atoms with E-state index in [1.54, 1.807) is 29.1 Å². The number of sulfonamides is 1. The van der Waals surface area contributed by atoms with E-state index in [0.717, 1.165) is 0 Å². The molecule has 2 saturated heterocycles. The molecule has 3 aromatic rings. The van der Waals surface area contributed by atoms with E-state index in [0.29, 0.717) is 61.1 Å². The molecule has 0 radical (unpaired) electrons. The van der Waals surface area contributed by atoms with E-state index in [9.17, 15) is 12.8 Å². The van der Waals surface area contributed by atoms with E-state index in [4.69, 9.17) is 0 Å². The molecule has 2 atom stereocenters. The summed E-state index contributed by atoms with van der Waals surface area (Å²) in [5.41, 5.74) is 1.94. The second-order valence-electron chi connectivity index (χ2n) is 7.53. The first-order valence-electron chi connectivity index (χ1n) is 9.93. The summed E-state index contributed by atoms with van der Waals surface area (Å²) in [6, 6.07) is 5.16. The Labute approximate surface area is 173 Å². The Bertz CT molecular complexity index is 1180. The highest BCUT2D eigenvalue weighted by Gasteiger charge is 2.30. The van der Waals surface area contributed by atoms with Crippen molar-refractivity contribution >= 4 is 27.3 Å². The smallest absolute Gasteiger partial charge is 0.236 e. The first-order chi connectivity index (χ1) is 14.5. The predicted octanol–water partition coefficient (Wildman–Crippen LogP) is 1.44. The Morgan fingerprint density at radius 3 is 2.93 bits per heavy atom. The number of hydrogen-bond acceptors (Lipinski definition) is 7. The first kappa shape index (κ1) is 19.2. The molecule has 0 spiro atoms. The van der Waals surface area contributed by atoms with Crippen molar-refractivity contribution in [3.63, 3.8) is 0 Å². The van der Waals surface area contributed by atoms with E-state index in [1.807, 2.05) is 12.1 Å². The molecule has 2 aliphatic rings. The number of rotatable bonds is 4. The van der Waals surface area contributed by atoms with Gasteiger partial charge in [-0.05, 0) is 31.5 Å². The lowest BCUT2D eigenvalue weighted by molar-refractivity contribution is 0.241. The van der Waals surface area contributed by atoms with Crippen LogP contribution >= 0.6 is 0 Å². The molecule has 30 heavy (non-hydrogen) atoms. The molecule has 3 aromatic heterocycles. The highest BCUT2D eigenvalue weighted by molar-refractivity contribution is 7.93. The average molecular weight is 431 g/mol. The van der Waals surface area contributed by atoms with Crippen molar-refractivity contribution in [3.05, 3.63) is 36.8 Å². The normalized spacial score (nSPS) is 23.7. The maximum absolute atomic E-state index is 14.2. The van der Waals surface area contributed by atoms with Crippen LogP contribution in [0.15, 0.2) is 36.8 Å². The van der Waals surface area contributed by atoms with Crippen LogP contribution < -0.4 is 14.9 Å². The maximum Gasteiger partial charge on any atom is 0.236 e. The number of alkyl halides is 1. The van der Waals surface area contributed by atoms with Gasteiger partial charge in [-0.3, -0.25) is 8.71 Å². The summed E-state index contributed by atoms with van der Waals surface area (Å²) in [4.78, 5) is 13.3. The molecular formula is C19H22FN7O2S. The zero-order valence-corrected chi connectivity index (χ0v) is 17.0. The molecule has 0 amide bonds. The number of halogens is 1. The molecule has 2 N–H and O–H groups in total. The summed E-state index contributed by atoms with van der Waals surface area (Å²) < 4.78 is 41.8. The van der Waals surface area contributed by atoms with Gasteiger partial charge in [-0.25, -0.2) is 27.8 Å². The van der Waals surface area contributed by atoms with Crippen LogP contribution in [0.1, 0.15) is 12.8 Å². The molecular weight excluding hydrogens is 409 g/mol. The summed E-state index contributed by atoms with van der Waals surface area (Å²) in [6.45, 7) is 1.64. The van der Waals surface area contributed by atoms with Gasteiger partial charge in [0, 0.05) is 13.1 Å². The van der Waals surface area contributed by atoms with Gasteiger partial charge >= 0.3 is 0 Å². The quantitative estimate of drug-likeness (QED) is 0.644. The van der Waals surface area contributed by atoms with Crippen molar-refractivity contribution in [1.29, 1.82) is 0 Å². The summed E-state index contributed by atoms with van der Waals surface area (Å²) >= 11 is 0. The highest BCUT2D eigenvalue weighted by atomic mass is 32.2. The second-order valence-corrected chi connectivity index (χ2v) is 9.54. The van der Waals surface area contributed by atoms with Crippen molar-refractivity contribution in [1.82, 2.24) is 24.7 Å². The summed E-state index contributed by atoms with van der Waals surface area (Å²) in [7, 11) is -3.33. The number of hydrogen-bond donors (Lipinski definition) is 2. The van der Waals surface area contributed by atoms with Crippen LogP contribution in [0.25, 0.3) is 17.0 Å². The van der Waals surface area contributed by atoms with E-state index in [-0.39, 0.29) is 11.8 Å². The Morgan fingerprint density at radius 2 is 2.13 bits per heavy atom. The monoisotopic (exact) mass is 431 g/mol. The van der Waals surface area contributed by atoms with Gasteiger partial charge in [-0.2, -0.15) is 0 Å². The Kier molecular flexibility index (Phi) is 4.78. The SMILES string of the molecule is O=S1(=O)CCCN1c1cn2c(-c3cccc(N[C@H]4CNCC[C@@H]4F)n3)cnc2cn1. The van der Waals surface area contributed by atoms with Crippen molar-refractivity contribution in [2.75, 3.05) is 35.0 Å². The summed E-state index contributed by atoms with van der Waals surface area (Å²) in [6.07, 6.45) is 5.02. The Balaban J connectivity index is 1.48. The highest BCUT2D eigenvalue weighted by Crippen LogP contribution is 2.26. The van der Waals surface area contributed by atoms with E-state index >= 15 is 0 Å². The number of pyridine rings is 1. The maximum atomic E-state index is 14.2. The van der Waals surface area contributed by atoms with Gasteiger partial charge in [-0.1, -0.05) is 6.07 Å². The van der Waals surface area contributed by atoms with E-state index in [2.05, 4.69) is 25.6 Å². The van der Waals surface area contributed by atoms with Gasteiger partial charge in [0.2, 0.25) is 10.0 Å². The van der Waals surface area contributed by atoms with Crippen LogP contribution in [0.3, 0.4) is 0 Å². The van der Waals surface area contributed by atoms with Crippen LogP contribution in [0, 0.1) is 0 Å². The van der Waals surface area contributed by atoms with Crippen molar-refractivity contribution < 1.29 is 12.8 Å². The third kappa shape index (κ3) is 3.47. The minimum Gasteiger partial charge on any atom is -0.363 e. The summed E-state index contributed by atoms with van der Waals surface area (Å²) in [5, 5.41) is 6.36. The van der Waals surface area contributed by atoms with Crippen molar-refractivity contribution in [2.45, 2.75) is 25.1 Å². The Hall–Kier alpha value is -2.79. The van der Waals surface area contributed by atoms with Gasteiger partial charge in [0.05, 0.1) is 41.8 Å². The molecule has 0 aliphatic carbocycles. The van der Waals surface area contributed by atoms with Gasteiger partial charge in [0.25, 0.3) is 0 Å². The fourth-order valence-electron chi connectivity index (χ4n) is 3.91. The van der Waals surface area contributed by atoms with Crippen LogP contribution in [0.2, 0.25) is 0 Å². The molecule has 0 unspecified atom stereocenters. The molecule has 0 aromatic carbocycles. The van der Waals surface area contributed by atoms with Crippen LogP contribution in [0.5, 0.6) is 0 Å². The van der Waals surface area contributed by atoms with E-state index in [1.165, 1.54) is 4.31 Å². The third-order valence-corrected chi connectivity index (χ3v) is 7.33. The van der Waals surface area contributed by atoms with Crippen molar-refractivity contribution in [2.24, 2.45) is 0 Å². The molecule has 9 nitrogen and oxygen atoms in total. The average Bonchev–Trinajstić information content (AvgIpc) is 3.32. The fraction of sp³-hybridized carbons (Fsp3) is 0.421. The van der Waals surface area contributed by atoms with Crippen molar-refractivity contribution in [3.8, 4) is 11.4 Å². The topological polar surface area (TPSA) is 105 Å². The lowest BCUT2D eigenvalue weighted by Crippen LogP contribution is -2.46. The number of nitrogens with one attached hydrogen (secondary N) is 2. The zero-order chi connectivity index (χ0) is 20.7. The lowest BCUT2D eigenvalue weighted by atomic mass is 10.1. The zero-order valence-electron chi connectivity index (χ0n) is 16.2. The standard InChI is InChI=1S/C19H22FN7O2S/c20-13-5-6-21-9-15(13)25-17-4-1-3-14(24-17)16-10-22-18-11-23-19(12-26(16)18)27-7-2-8-30(27,28)29/h1,3-4,10-13,15,21H,2,5-9H2,(H,24,25)/t13-,15-/m0/s1. The number of imidazole rings is 1. The molecule has 11 heteroatoms. The van der Waals surface area contributed by atoms with Crippen LogP contribution in [0.4, 0.5) is 16.0 Å². The number of nitrogens with zero attached hydrogens (tertiary/aromatic N) is 5. The third-order valence-electron chi connectivity index (χ3n) is 5.48. The number of fused-ring (bicyclic) bond motifs is 1. The minimum absolute atomic E-state index is 0.129. The van der Waals surface area contributed by atoms with Gasteiger partial charge in [0.15, 0.2) is 11.5 Å². The first-order valence-corrected chi connectivity index (χ1v) is 11.5. The predicted molar refractivity (Wildman–Crippen MR) is 112 cm³/mol. The fourth-order valence-corrected chi connectivity index (χ4v) is 5.41. The number of piperidine rings is 1. The molecule has 158 valence electrons. The molecule has 2 aliphatic heterocycles. The Morgan fingerprint density at radius 1 is 1.23 bits per heavy atom. The molecule has 0 saturated carbocycles. The van der Waals surface area contributed by atoms with Crippen LogP contribution in [-0.2, 0) is 10.0 Å². The van der Waals surface area contributed by atoms with Gasteiger partial charge < -0.3 is 10.6 Å². The van der Waals surface area contributed by atoms with Gasteiger partial charge in [-0.15, -0.1) is 0 Å². The second kappa shape index (κ2) is 7.47. The lowest BCUT2D eigenvalue weighted by Gasteiger charge is -2.28. The molecule has 2 fully saturated rings. The minimum atomic E-state index is -3.33. The number of anilines is 2. The summed E-state index contributed by atoms with van der Waals surface area (Å²) in [5.74, 6) is 1.07. The van der Waals surface area contributed by atoms with Crippen LogP contribution in [-0.4, -0.2) is 65.4 Å². The number of aromatic nitrogens is 4. The molecule has 5 heterocycles. The van der Waals surface area contributed by atoms with E-state index < -0.39 is 16.2 Å².